The third-order valence-corrected chi connectivity index (χ3v) is 4.77. The van der Waals surface area contributed by atoms with Gasteiger partial charge in [-0.15, -0.1) is 0 Å². The number of pyridine rings is 1. The number of hydrogen-bond donors (Lipinski definition) is 0. The molecule has 1 heterocycles. The molecule has 0 saturated carbocycles. The van der Waals surface area contributed by atoms with E-state index < -0.39 is 0 Å². The van der Waals surface area contributed by atoms with E-state index in [2.05, 4.69) is 92.9 Å². The molecule has 1 aliphatic carbocycles. The van der Waals surface area contributed by atoms with E-state index in [1.807, 2.05) is 24.3 Å². The molecule has 0 fully saturated rings. The lowest BCUT2D eigenvalue weighted by molar-refractivity contribution is 0.304. The summed E-state index contributed by atoms with van der Waals surface area (Å²) in [7, 11) is 0. The van der Waals surface area contributed by atoms with Crippen molar-refractivity contribution in [1.82, 2.24) is 4.98 Å². The van der Waals surface area contributed by atoms with Crippen LogP contribution in [0.2, 0.25) is 0 Å². The van der Waals surface area contributed by atoms with Crippen molar-refractivity contribution in [3.8, 4) is 5.75 Å². The molecule has 2 aromatic rings. The van der Waals surface area contributed by atoms with Crippen molar-refractivity contribution in [3.63, 3.8) is 0 Å². The lowest BCUT2D eigenvalue weighted by Crippen LogP contribution is -2.05. The summed E-state index contributed by atoms with van der Waals surface area (Å²) in [4.78, 5) is 4.58. The monoisotopic (exact) mass is 493 g/mol. The number of ether oxygens (including phenoxy) is 1. The van der Waals surface area contributed by atoms with E-state index in [0.29, 0.717) is 6.61 Å². The van der Waals surface area contributed by atoms with Crippen LogP contribution in [0.5, 0.6) is 5.75 Å². The van der Waals surface area contributed by atoms with Crippen LogP contribution in [-0.2, 0) is 6.61 Å². The summed E-state index contributed by atoms with van der Waals surface area (Å²) < 4.78 is 6.97. The van der Waals surface area contributed by atoms with Crippen molar-refractivity contribution in [1.29, 1.82) is 0 Å². The quantitative estimate of drug-likeness (QED) is 0.377. The molecule has 1 aromatic carbocycles. The van der Waals surface area contributed by atoms with Gasteiger partial charge in [-0.3, -0.25) is 4.98 Å². The van der Waals surface area contributed by atoms with Crippen LogP contribution in [0.15, 0.2) is 77.4 Å². The molecule has 4 heteroatoms. The molecule has 122 valence electrons. The minimum atomic E-state index is 0.0103. The third kappa shape index (κ3) is 4.57. The first-order chi connectivity index (χ1) is 11.5. The summed E-state index contributed by atoms with van der Waals surface area (Å²) in [6.45, 7) is 2.68. The Labute approximate surface area is 164 Å². The Kier molecular flexibility index (Phi) is 5.56. The highest BCUT2D eigenvalue weighted by Crippen LogP contribution is 2.32. The molecular formula is C20H17BrINO. The number of benzene rings is 1. The number of aromatic nitrogens is 1. The van der Waals surface area contributed by atoms with Crippen LogP contribution in [0.3, 0.4) is 0 Å². The summed E-state index contributed by atoms with van der Waals surface area (Å²) in [5.41, 5.74) is 3.03. The first kappa shape index (κ1) is 17.4. The van der Waals surface area contributed by atoms with Crippen molar-refractivity contribution in [2.75, 3.05) is 0 Å². The molecule has 0 saturated heterocycles. The Bertz CT molecular complexity index is 810. The maximum Gasteiger partial charge on any atom is 0.147 e. The van der Waals surface area contributed by atoms with Gasteiger partial charge in [-0.2, -0.15) is 0 Å². The van der Waals surface area contributed by atoms with Crippen LogP contribution in [0.4, 0.5) is 0 Å². The highest BCUT2D eigenvalue weighted by molar-refractivity contribution is 14.1. The molecule has 0 aliphatic heterocycles. The number of rotatable bonds is 4. The Morgan fingerprint density at radius 3 is 2.79 bits per heavy atom. The molecule has 2 nitrogen and oxygen atoms in total. The van der Waals surface area contributed by atoms with E-state index in [4.69, 9.17) is 4.74 Å². The Morgan fingerprint density at radius 1 is 1.21 bits per heavy atom. The number of halogens is 2. The minimum absolute atomic E-state index is 0.0103. The molecular weight excluding hydrogens is 477 g/mol. The average Bonchev–Trinajstić information content (AvgIpc) is 2.75. The van der Waals surface area contributed by atoms with Crippen molar-refractivity contribution in [3.05, 3.63) is 88.7 Å². The fourth-order valence-corrected chi connectivity index (χ4v) is 3.04. The van der Waals surface area contributed by atoms with Gasteiger partial charge in [0.2, 0.25) is 0 Å². The van der Waals surface area contributed by atoms with Gasteiger partial charge in [0.05, 0.1) is 3.42 Å². The molecule has 1 aliphatic rings. The van der Waals surface area contributed by atoms with Crippen LogP contribution in [0.25, 0.3) is 5.57 Å². The Hall–Kier alpha value is -1.40. The molecule has 0 bridgehead atoms. The van der Waals surface area contributed by atoms with Crippen molar-refractivity contribution in [2.45, 2.75) is 17.0 Å². The molecule has 3 rings (SSSR count). The van der Waals surface area contributed by atoms with Gasteiger partial charge in [0.15, 0.2) is 0 Å². The van der Waals surface area contributed by atoms with E-state index in [-0.39, 0.29) is 3.42 Å². The maximum atomic E-state index is 6.06. The van der Waals surface area contributed by atoms with Gasteiger partial charge in [0, 0.05) is 16.2 Å². The van der Waals surface area contributed by atoms with Gasteiger partial charge in [-0.25, -0.2) is 0 Å². The first-order valence-electron chi connectivity index (χ1n) is 7.64. The second-order valence-corrected chi connectivity index (χ2v) is 8.98. The van der Waals surface area contributed by atoms with E-state index in [1.165, 1.54) is 0 Å². The topological polar surface area (TPSA) is 22.1 Å². The average molecular weight is 494 g/mol. The Balaban J connectivity index is 1.89. The van der Waals surface area contributed by atoms with Crippen molar-refractivity contribution < 1.29 is 4.74 Å². The van der Waals surface area contributed by atoms with E-state index in [1.54, 1.807) is 6.20 Å². The normalized spacial score (nSPS) is 19.7. The van der Waals surface area contributed by atoms with Crippen molar-refractivity contribution in [2.24, 2.45) is 0 Å². The van der Waals surface area contributed by atoms with Gasteiger partial charge in [-0.05, 0) is 34.5 Å². The zero-order valence-electron chi connectivity index (χ0n) is 13.2. The smallest absolute Gasteiger partial charge is 0.147 e. The van der Waals surface area contributed by atoms with Gasteiger partial charge < -0.3 is 4.74 Å². The summed E-state index contributed by atoms with van der Waals surface area (Å²) in [5, 5.41) is 0. The summed E-state index contributed by atoms with van der Waals surface area (Å²) in [6.07, 6.45) is 12.4. The fourth-order valence-electron chi connectivity index (χ4n) is 2.34. The largest absolute Gasteiger partial charge is 0.487 e. The number of hydrogen-bond acceptors (Lipinski definition) is 2. The van der Waals surface area contributed by atoms with Gasteiger partial charge >= 0.3 is 0 Å². The summed E-state index contributed by atoms with van der Waals surface area (Å²) in [5.74, 6) is 0.773. The molecule has 0 spiro atoms. The molecule has 0 N–H and O–H groups in total. The minimum Gasteiger partial charge on any atom is -0.487 e. The summed E-state index contributed by atoms with van der Waals surface area (Å²) in [6, 6.07) is 12.1. The van der Waals surface area contributed by atoms with Gasteiger partial charge in [0.25, 0.3) is 0 Å². The molecule has 1 atom stereocenters. The van der Waals surface area contributed by atoms with Crippen molar-refractivity contribution >= 4 is 44.1 Å². The fraction of sp³-hybridized carbons (Fsp3) is 0.150. The standard InChI is InChI=1S/C20H17BrINO/c1-20(22)10-5-8-16(9-11-20)19-18(12-17(21)13-23-19)24-14-15-6-3-2-4-7-15/h2-13H,14H2,1H3. The molecule has 1 aromatic heterocycles. The van der Waals surface area contributed by atoms with Crippen LogP contribution in [0.1, 0.15) is 18.2 Å². The highest BCUT2D eigenvalue weighted by Gasteiger charge is 2.16. The zero-order chi connectivity index (χ0) is 17.0. The third-order valence-electron chi connectivity index (χ3n) is 3.62. The number of allylic oxidation sites excluding steroid dienone is 6. The van der Waals surface area contributed by atoms with E-state index in [0.717, 1.165) is 27.1 Å². The maximum absolute atomic E-state index is 6.06. The van der Waals surface area contributed by atoms with E-state index >= 15 is 0 Å². The number of alkyl halides is 1. The van der Waals surface area contributed by atoms with Crippen LogP contribution in [0, 0.1) is 0 Å². The number of nitrogens with zero attached hydrogens (tertiary/aromatic N) is 1. The second kappa shape index (κ2) is 7.66. The summed E-state index contributed by atoms with van der Waals surface area (Å²) >= 11 is 5.90. The molecule has 0 radical (unpaired) electrons. The van der Waals surface area contributed by atoms with Gasteiger partial charge in [0.1, 0.15) is 18.1 Å². The molecule has 24 heavy (non-hydrogen) atoms. The second-order valence-electron chi connectivity index (χ2n) is 5.74. The zero-order valence-corrected chi connectivity index (χ0v) is 17.0. The first-order valence-corrected chi connectivity index (χ1v) is 9.51. The molecule has 1 unspecified atom stereocenters. The lowest BCUT2D eigenvalue weighted by atomic mass is 10.1. The predicted octanol–water partition coefficient (Wildman–Crippen LogP) is 6.13. The Morgan fingerprint density at radius 2 is 2.00 bits per heavy atom. The SMILES string of the molecule is CC1(I)C=CC=C(c2ncc(Br)cc2OCc2ccccc2)C=C1. The highest BCUT2D eigenvalue weighted by atomic mass is 127. The predicted molar refractivity (Wildman–Crippen MR) is 111 cm³/mol. The molecule has 0 amide bonds. The van der Waals surface area contributed by atoms with Crippen LogP contribution in [-0.4, -0.2) is 8.41 Å². The van der Waals surface area contributed by atoms with Crippen LogP contribution < -0.4 is 4.74 Å². The van der Waals surface area contributed by atoms with E-state index in [9.17, 15) is 0 Å². The van der Waals surface area contributed by atoms with Gasteiger partial charge in [-0.1, -0.05) is 83.3 Å². The lowest BCUT2D eigenvalue weighted by Gasteiger charge is -2.13. The van der Waals surface area contributed by atoms with Crippen LogP contribution >= 0.6 is 38.5 Å².